The largest absolute Gasteiger partial charge is 0.496 e. The summed E-state index contributed by atoms with van der Waals surface area (Å²) in [4.78, 5) is 29.6. The molecule has 0 radical (unpaired) electrons. The zero-order chi connectivity index (χ0) is 29.8. The third-order valence-electron chi connectivity index (χ3n) is 6.69. The minimum Gasteiger partial charge on any atom is -0.496 e. The van der Waals surface area contributed by atoms with Gasteiger partial charge < -0.3 is 34.2 Å². The van der Waals surface area contributed by atoms with E-state index in [9.17, 15) is 14.9 Å². The minimum absolute atomic E-state index is 0.0954. The van der Waals surface area contributed by atoms with Gasteiger partial charge in [0.25, 0.3) is 5.69 Å². The van der Waals surface area contributed by atoms with E-state index in [0.717, 1.165) is 5.69 Å². The number of non-ortho nitro benzene ring substituents is 1. The molecule has 2 aromatic carbocycles. The van der Waals surface area contributed by atoms with Gasteiger partial charge in [0.2, 0.25) is 5.91 Å². The summed E-state index contributed by atoms with van der Waals surface area (Å²) in [6.45, 7) is -0.122. The number of methoxy groups -OCH3 is 3. The van der Waals surface area contributed by atoms with Crippen LogP contribution in [0.2, 0.25) is 0 Å². The number of pyridine rings is 1. The SMILES string of the molecule is COCC(=O)Nc1cc(N2C(=S)N[C@@H](c3ccccn3)[C@H]2c2ccc(-c3ccc([N+](=O)[O-])cc3OC)o2)ccc1OC. The average molecular weight is 590 g/mol. The van der Waals surface area contributed by atoms with E-state index in [1.807, 2.05) is 35.2 Å². The van der Waals surface area contributed by atoms with Crippen LogP contribution in [0.15, 0.2) is 77.3 Å². The zero-order valence-corrected chi connectivity index (χ0v) is 23.7. The zero-order valence-electron chi connectivity index (χ0n) is 22.9. The smallest absolute Gasteiger partial charge is 0.273 e. The maximum atomic E-state index is 12.3. The van der Waals surface area contributed by atoms with Crippen molar-refractivity contribution >= 4 is 40.3 Å². The van der Waals surface area contributed by atoms with Crippen molar-refractivity contribution in [3.8, 4) is 22.8 Å². The first kappa shape index (κ1) is 28.5. The summed E-state index contributed by atoms with van der Waals surface area (Å²) in [7, 11) is 4.39. The van der Waals surface area contributed by atoms with Crippen molar-refractivity contribution in [2.75, 3.05) is 38.2 Å². The highest BCUT2D eigenvalue weighted by atomic mass is 32.1. The summed E-state index contributed by atoms with van der Waals surface area (Å²) < 4.78 is 22.2. The van der Waals surface area contributed by atoms with E-state index < -0.39 is 17.0 Å². The molecule has 3 heterocycles. The number of rotatable bonds is 10. The summed E-state index contributed by atoms with van der Waals surface area (Å²) in [5.74, 6) is 1.43. The van der Waals surface area contributed by atoms with Gasteiger partial charge in [-0.2, -0.15) is 0 Å². The Morgan fingerprint density at radius 2 is 1.90 bits per heavy atom. The maximum absolute atomic E-state index is 12.3. The molecule has 2 aromatic heterocycles. The highest BCUT2D eigenvalue weighted by molar-refractivity contribution is 7.80. The summed E-state index contributed by atoms with van der Waals surface area (Å²) in [6.07, 6.45) is 1.70. The molecule has 1 fully saturated rings. The number of aromatic nitrogens is 1. The lowest BCUT2D eigenvalue weighted by atomic mass is 10.0. The van der Waals surface area contributed by atoms with Crippen LogP contribution in [0.25, 0.3) is 11.3 Å². The predicted molar refractivity (Wildman–Crippen MR) is 159 cm³/mol. The molecule has 0 aliphatic carbocycles. The van der Waals surface area contributed by atoms with Gasteiger partial charge in [0, 0.05) is 25.1 Å². The minimum atomic E-state index is -0.499. The van der Waals surface area contributed by atoms with Crippen LogP contribution in [0.1, 0.15) is 23.5 Å². The molecule has 2 N–H and O–H groups in total. The number of ether oxygens (including phenoxy) is 3. The van der Waals surface area contributed by atoms with Gasteiger partial charge in [-0.15, -0.1) is 0 Å². The van der Waals surface area contributed by atoms with Crippen LogP contribution in [-0.2, 0) is 9.53 Å². The lowest BCUT2D eigenvalue weighted by Crippen LogP contribution is -2.29. The molecule has 0 unspecified atom stereocenters. The molecule has 2 atom stereocenters. The van der Waals surface area contributed by atoms with Crippen LogP contribution in [0.4, 0.5) is 17.1 Å². The van der Waals surface area contributed by atoms with E-state index >= 15 is 0 Å². The van der Waals surface area contributed by atoms with Crippen molar-refractivity contribution in [1.29, 1.82) is 0 Å². The van der Waals surface area contributed by atoms with Crippen molar-refractivity contribution in [3.05, 3.63) is 94.5 Å². The van der Waals surface area contributed by atoms with E-state index in [4.69, 9.17) is 30.8 Å². The third-order valence-corrected chi connectivity index (χ3v) is 7.00. The Hall–Kier alpha value is -5.01. The summed E-state index contributed by atoms with van der Waals surface area (Å²) >= 11 is 5.81. The molecule has 216 valence electrons. The first-order valence-corrected chi connectivity index (χ1v) is 13.2. The number of nitrogens with zero attached hydrogens (tertiary/aromatic N) is 3. The Kier molecular flexibility index (Phi) is 8.31. The van der Waals surface area contributed by atoms with E-state index in [1.54, 1.807) is 30.5 Å². The second kappa shape index (κ2) is 12.2. The van der Waals surface area contributed by atoms with Gasteiger partial charge in [-0.05, 0) is 60.7 Å². The van der Waals surface area contributed by atoms with Crippen LogP contribution in [0.3, 0.4) is 0 Å². The third kappa shape index (κ3) is 5.60. The highest BCUT2D eigenvalue weighted by Crippen LogP contribution is 2.45. The van der Waals surface area contributed by atoms with E-state index in [2.05, 4.69) is 15.6 Å². The van der Waals surface area contributed by atoms with Crippen molar-refractivity contribution in [1.82, 2.24) is 10.3 Å². The van der Waals surface area contributed by atoms with Gasteiger partial charge in [-0.1, -0.05) is 6.07 Å². The molecular formula is C29H27N5O7S. The molecule has 1 aliphatic rings. The van der Waals surface area contributed by atoms with Crippen molar-refractivity contribution in [2.45, 2.75) is 12.1 Å². The molecule has 0 spiro atoms. The van der Waals surface area contributed by atoms with E-state index in [0.29, 0.717) is 45.1 Å². The van der Waals surface area contributed by atoms with E-state index in [-0.39, 0.29) is 18.2 Å². The number of thiocarbonyl (C=S) groups is 1. The second-order valence-electron chi connectivity index (χ2n) is 9.21. The molecular weight excluding hydrogens is 562 g/mol. The van der Waals surface area contributed by atoms with Gasteiger partial charge >= 0.3 is 0 Å². The Morgan fingerprint density at radius 3 is 2.60 bits per heavy atom. The lowest BCUT2D eigenvalue weighted by Gasteiger charge is -2.27. The molecule has 13 heteroatoms. The van der Waals surface area contributed by atoms with Gasteiger partial charge in [0.15, 0.2) is 5.11 Å². The molecule has 4 aromatic rings. The predicted octanol–water partition coefficient (Wildman–Crippen LogP) is 5.03. The first-order valence-electron chi connectivity index (χ1n) is 12.7. The van der Waals surface area contributed by atoms with Gasteiger partial charge in [-0.3, -0.25) is 19.9 Å². The summed E-state index contributed by atoms with van der Waals surface area (Å²) in [6, 6.07) is 18.0. The number of furan rings is 1. The van der Waals surface area contributed by atoms with Crippen molar-refractivity contribution < 1.29 is 28.3 Å². The number of benzene rings is 2. The van der Waals surface area contributed by atoms with Gasteiger partial charge in [0.05, 0.1) is 48.2 Å². The van der Waals surface area contributed by atoms with Crippen LogP contribution < -0.4 is 25.0 Å². The van der Waals surface area contributed by atoms with Gasteiger partial charge in [0.1, 0.15) is 35.7 Å². The number of nitrogens with one attached hydrogen (secondary N) is 2. The van der Waals surface area contributed by atoms with Gasteiger partial charge in [-0.25, -0.2) is 0 Å². The summed E-state index contributed by atoms with van der Waals surface area (Å²) in [5, 5.41) is 17.9. The summed E-state index contributed by atoms with van der Waals surface area (Å²) in [5.41, 5.74) is 2.30. The molecule has 0 bridgehead atoms. The van der Waals surface area contributed by atoms with Crippen LogP contribution in [-0.4, -0.2) is 48.9 Å². The topological polar surface area (TPSA) is 141 Å². The Bertz CT molecular complexity index is 1630. The van der Waals surface area contributed by atoms with Crippen LogP contribution in [0.5, 0.6) is 11.5 Å². The number of nitro groups is 1. The van der Waals surface area contributed by atoms with E-state index in [1.165, 1.54) is 33.5 Å². The molecule has 42 heavy (non-hydrogen) atoms. The average Bonchev–Trinajstić information content (AvgIpc) is 3.62. The normalized spacial score (nSPS) is 16.2. The van der Waals surface area contributed by atoms with Crippen LogP contribution >= 0.6 is 12.2 Å². The maximum Gasteiger partial charge on any atom is 0.273 e. The van der Waals surface area contributed by atoms with Crippen molar-refractivity contribution in [2.24, 2.45) is 0 Å². The fraction of sp³-hybridized carbons (Fsp3) is 0.207. The molecule has 12 nitrogen and oxygen atoms in total. The molecule has 0 saturated carbocycles. The number of hydrogen-bond acceptors (Lipinski definition) is 9. The highest BCUT2D eigenvalue weighted by Gasteiger charge is 2.43. The lowest BCUT2D eigenvalue weighted by molar-refractivity contribution is -0.384. The molecule has 5 rings (SSSR count). The number of anilines is 2. The number of carbonyl (C=O) groups excluding carboxylic acids is 1. The first-order chi connectivity index (χ1) is 20.3. The monoisotopic (exact) mass is 589 g/mol. The molecule has 1 aliphatic heterocycles. The second-order valence-corrected chi connectivity index (χ2v) is 9.59. The standard InChI is InChI=1S/C29H27N5O7S/c1-38-16-26(35)31-21-14-17(8-10-23(21)39-2)33-28(27(32-29(33)42)20-6-4-5-13-30-20)24-12-11-22(41-24)19-9-7-18(34(36)37)15-25(19)40-3/h4-15,27-28H,16H2,1-3H3,(H,31,35)(H,32,42)/t27-,28+/m0/s1. The Morgan fingerprint density at radius 1 is 1.10 bits per heavy atom. The Balaban J connectivity index is 1.59. The number of amides is 1. The number of nitro benzene ring substituents is 1. The van der Waals surface area contributed by atoms with Crippen molar-refractivity contribution in [3.63, 3.8) is 0 Å². The number of hydrogen-bond donors (Lipinski definition) is 2. The molecule has 1 saturated heterocycles. The quantitative estimate of drug-likeness (QED) is 0.146. The number of carbonyl (C=O) groups is 1. The Labute approximate surface area is 246 Å². The fourth-order valence-corrected chi connectivity index (χ4v) is 5.18. The van der Waals surface area contributed by atoms with Crippen LogP contribution in [0, 0.1) is 10.1 Å². The molecule has 1 amide bonds. The fourth-order valence-electron chi connectivity index (χ4n) is 4.84.